The lowest BCUT2D eigenvalue weighted by Gasteiger charge is -2.08. The number of hydrogen-bond acceptors (Lipinski definition) is 5. The molecule has 1 aliphatic heterocycles. The predicted octanol–water partition coefficient (Wildman–Crippen LogP) is 4.88. The Morgan fingerprint density at radius 3 is 2.23 bits per heavy atom. The summed E-state index contributed by atoms with van der Waals surface area (Å²) in [5.74, 6) is 1.43. The number of para-hydroxylation sites is 1. The number of cyclic esters (lactones) is 1. The van der Waals surface area contributed by atoms with E-state index in [1.165, 1.54) is 0 Å². The normalized spacial score (nSPS) is 14.3. The topological polar surface area (TPSA) is 57.1 Å². The number of esters is 1. The molecule has 0 bridgehead atoms. The molecule has 0 amide bonds. The van der Waals surface area contributed by atoms with Gasteiger partial charge in [-0.3, -0.25) is 0 Å². The zero-order valence-corrected chi connectivity index (χ0v) is 16.4. The van der Waals surface area contributed by atoms with Crippen LogP contribution < -0.4 is 9.47 Å². The standard InChI is InChI=1S/C25H21NO4/c27-25-23(26-24(30-25)20-10-3-1-4-11-20)18-19-9-7-14-22(17-19)29-16-8-15-28-21-12-5-2-6-13-21/h1-7,9-14,17-18H,8,15-16H2/b23-18+. The first-order valence-corrected chi connectivity index (χ1v) is 9.77. The fourth-order valence-corrected chi connectivity index (χ4v) is 2.92. The Morgan fingerprint density at radius 2 is 1.47 bits per heavy atom. The average molecular weight is 399 g/mol. The van der Waals surface area contributed by atoms with Crippen molar-refractivity contribution in [3.05, 3.63) is 102 Å². The molecular formula is C25H21NO4. The lowest BCUT2D eigenvalue weighted by molar-refractivity contribution is -0.129. The number of hydrogen-bond donors (Lipinski definition) is 0. The van der Waals surface area contributed by atoms with Crippen LogP contribution in [0.25, 0.3) is 6.08 Å². The van der Waals surface area contributed by atoms with Crippen LogP contribution in [0.15, 0.2) is 95.6 Å². The molecule has 3 aromatic carbocycles. The minimum absolute atomic E-state index is 0.266. The zero-order valence-electron chi connectivity index (χ0n) is 16.4. The molecule has 0 spiro atoms. The van der Waals surface area contributed by atoms with E-state index in [2.05, 4.69) is 4.99 Å². The summed E-state index contributed by atoms with van der Waals surface area (Å²) in [4.78, 5) is 16.5. The smallest absolute Gasteiger partial charge is 0.363 e. The van der Waals surface area contributed by atoms with Gasteiger partial charge < -0.3 is 14.2 Å². The summed E-state index contributed by atoms with van der Waals surface area (Å²) in [6.45, 7) is 1.11. The van der Waals surface area contributed by atoms with Crippen LogP contribution in [0.2, 0.25) is 0 Å². The third-order valence-corrected chi connectivity index (χ3v) is 4.37. The number of carbonyl (C=O) groups excluding carboxylic acids is 1. The molecule has 30 heavy (non-hydrogen) atoms. The third kappa shape index (κ3) is 5.14. The third-order valence-electron chi connectivity index (χ3n) is 4.37. The molecule has 0 N–H and O–H groups in total. The highest BCUT2D eigenvalue weighted by Crippen LogP contribution is 2.21. The minimum atomic E-state index is -0.460. The van der Waals surface area contributed by atoms with Gasteiger partial charge in [-0.2, -0.15) is 0 Å². The second-order valence-corrected chi connectivity index (χ2v) is 6.64. The Bertz CT molecular complexity index is 1060. The van der Waals surface area contributed by atoms with Crippen molar-refractivity contribution < 1.29 is 19.0 Å². The van der Waals surface area contributed by atoms with Crippen LogP contribution in [0.4, 0.5) is 0 Å². The van der Waals surface area contributed by atoms with Gasteiger partial charge >= 0.3 is 5.97 Å². The number of ether oxygens (including phenoxy) is 3. The van der Waals surface area contributed by atoms with Gasteiger partial charge in [-0.05, 0) is 48.0 Å². The van der Waals surface area contributed by atoms with Crippen LogP contribution in [-0.2, 0) is 9.53 Å². The number of benzene rings is 3. The van der Waals surface area contributed by atoms with Crippen LogP contribution in [-0.4, -0.2) is 25.1 Å². The van der Waals surface area contributed by atoms with Crippen molar-refractivity contribution in [2.45, 2.75) is 6.42 Å². The van der Waals surface area contributed by atoms with E-state index in [0.717, 1.165) is 29.0 Å². The Labute approximate surface area is 175 Å². The van der Waals surface area contributed by atoms with Crippen LogP contribution in [0, 0.1) is 0 Å². The van der Waals surface area contributed by atoms with Crippen molar-refractivity contribution in [1.29, 1.82) is 0 Å². The molecular weight excluding hydrogens is 378 g/mol. The molecule has 0 aliphatic carbocycles. The molecule has 0 saturated carbocycles. The van der Waals surface area contributed by atoms with Crippen LogP contribution in [0.3, 0.4) is 0 Å². The molecule has 150 valence electrons. The summed E-state index contributed by atoms with van der Waals surface area (Å²) in [7, 11) is 0. The van der Waals surface area contributed by atoms with E-state index >= 15 is 0 Å². The van der Waals surface area contributed by atoms with Crippen molar-refractivity contribution >= 4 is 17.9 Å². The van der Waals surface area contributed by atoms with Crippen molar-refractivity contribution in [1.82, 2.24) is 0 Å². The lowest BCUT2D eigenvalue weighted by Crippen LogP contribution is -2.05. The molecule has 4 rings (SSSR count). The maximum Gasteiger partial charge on any atom is 0.363 e. The van der Waals surface area contributed by atoms with Gasteiger partial charge in [-0.1, -0.05) is 48.5 Å². The van der Waals surface area contributed by atoms with E-state index in [9.17, 15) is 4.79 Å². The SMILES string of the molecule is O=C1OC(c2ccccc2)=N/C1=C/c1cccc(OCCCOc2ccccc2)c1. The Balaban J connectivity index is 1.34. The molecule has 3 aromatic rings. The second kappa shape index (κ2) is 9.56. The van der Waals surface area contributed by atoms with Gasteiger partial charge in [0.15, 0.2) is 5.70 Å². The monoisotopic (exact) mass is 399 g/mol. The van der Waals surface area contributed by atoms with Crippen molar-refractivity contribution in [3.8, 4) is 11.5 Å². The largest absolute Gasteiger partial charge is 0.493 e. The summed E-state index contributed by atoms with van der Waals surface area (Å²) < 4.78 is 16.8. The first kappa shape index (κ1) is 19.5. The average Bonchev–Trinajstić information content (AvgIpc) is 3.15. The van der Waals surface area contributed by atoms with Gasteiger partial charge in [-0.25, -0.2) is 9.79 Å². The van der Waals surface area contributed by atoms with E-state index in [1.54, 1.807) is 6.08 Å². The van der Waals surface area contributed by atoms with E-state index in [0.29, 0.717) is 19.1 Å². The quantitative estimate of drug-likeness (QED) is 0.308. The number of aliphatic imine (C=N–C) groups is 1. The molecule has 0 saturated heterocycles. The van der Waals surface area contributed by atoms with E-state index in [1.807, 2.05) is 84.9 Å². The number of nitrogens with zero attached hydrogens (tertiary/aromatic N) is 1. The van der Waals surface area contributed by atoms with E-state index < -0.39 is 5.97 Å². The highest BCUT2D eigenvalue weighted by molar-refractivity contribution is 6.12. The first-order valence-electron chi connectivity index (χ1n) is 9.77. The zero-order chi connectivity index (χ0) is 20.6. The summed E-state index contributed by atoms with van der Waals surface area (Å²) in [6, 6.07) is 26.6. The van der Waals surface area contributed by atoms with Gasteiger partial charge in [0.05, 0.1) is 13.2 Å². The van der Waals surface area contributed by atoms with Crippen molar-refractivity contribution in [2.75, 3.05) is 13.2 Å². The van der Waals surface area contributed by atoms with Crippen LogP contribution >= 0.6 is 0 Å². The first-order chi connectivity index (χ1) is 14.8. The van der Waals surface area contributed by atoms with E-state index in [4.69, 9.17) is 14.2 Å². The highest BCUT2D eigenvalue weighted by Gasteiger charge is 2.23. The van der Waals surface area contributed by atoms with Crippen molar-refractivity contribution in [2.24, 2.45) is 4.99 Å². The molecule has 0 aromatic heterocycles. The molecule has 5 nitrogen and oxygen atoms in total. The predicted molar refractivity (Wildman–Crippen MR) is 116 cm³/mol. The summed E-state index contributed by atoms with van der Waals surface area (Å²) in [5, 5.41) is 0. The van der Waals surface area contributed by atoms with Crippen LogP contribution in [0.1, 0.15) is 17.5 Å². The van der Waals surface area contributed by atoms with Crippen LogP contribution in [0.5, 0.6) is 11.5 Å². The summed E-state index contributed by atoms with van der Waals surface area (Å²) in [6.07, 6.45) is 2.46. The van der Waals surface area contributed by atoms with Gasteiger partial charge in [0, 0.05) is 12.0 Å². The highest BCUT2D eigenvalue weighted by atomic mass is 16.6. The number of rotatable bonds is 8. The molecule has 0 radical (unpaired) electrons. The fraction of sp³-hybridized carbons (Fsp3) is 0.120. The van der Waals surface area contributed by atoms with Gasteiger partial charge in [0.1, 0.15) is 11.5 Å². The van der Waals surface area contributed by atoms with Gasteiger partial charge in [0.2, 0.25) is 5.90 Å². The maximum absolute atomic E-state index is 12.2. The molecule has 0 unspecified atom stereocenters. The summed E-state index contributed by atoms with van der Waals surface area (Å²) in [5.41, 5.74) is 1.85. The Hall–Kier alpha value is -3.86. The molecule has 1 heterocycles. The summed E-state index contributed by atoms with van der Waals surface area (Å²) >= 11 is 0. The van der Waals surface area contributed by atoms with Crippen molar-refractivity contribution in [3.63, 3.8) is 0 Å². The molecule has 0 atom stereocenters. The Morgan fingerprint density at radius 1 is 0.800 bits per heavy atom. The minimum Gasteiger partial charge on any atom is -0.493 e. The lowest BCUT2D eigenvalue weighted by atomic mass is 10.2. The van der Waals surface area contributed by atoms with E-state index in [-0.39, 0.29) is 5.70 Å². The molecule has 0 fully saturated rings. The second-order valence-electron chi connectivity index (χ2n) is 6.64. The van der Waals surface area contributed by atoms with Gasteiger partial charge in [0.25, 0.3) is 0 Å². The maximum atomic E-state index is 12.2. The molecule has 1 aliphatic rings. The number of carbonyl (C=O) groups is 1. The Kier molecular flexibility index (Phi) is 6.20. The fourth-order valence-electron chi connectivity index (χ4n) is 2.92. The molecule has 5 heteroatoms. The van der Waals surface area contributed by atoms with Gasteiger partial charge in [-0.15, -0.1) is 0 Å².